The molecule has 0 bridgehead atoms. The van der Waals surface area contributed by atoms with Crippen LogP contribution in [0.2, 0.25) is 0 Å². The standard InChI is InChI=1S/C17H32N2O5/c1-16(2,3)23-14(21)18-13-8-10-19(9-7-12(13)11-20)15(22)24-17(4,5)6/h12-13,20H,7-11H2,1-6H3,(H,18,21). The molecule has 1 aliphatic heterocycles. The molecule has 1 saturated heterocycles. The molecule has 1 aliphatic rings. The molecule has 2 amide bonds. The second-order valence-corrected chi connectivity index (χ2v) is 8.24. The number of nitrogens with zero attached hydrogens (tertiary/aromatic N) is 1. The van der Waals surface area contributed by atoms with Crippen molar-refractivity contribution in [1.29, 1.82) is 0 Å². The van der Waals surface area contributed by atoms with Gasteiger partial charge >= 0.3 is 12.2 Å². The van der Waals surface area contributed by atoms with E-state index in [0.29, 0.717) is 25.9 Å². The minimum Gasteiger partial charge on any atom is -0.444 e. The quantitative estimate of drug-likeness (QED) is 0.803. The molecule has 0 spiro atoms. The van der Waals surface area contributed by atoms with Crippen LogP contribution in [0.15, 0.2) is 0 Å². The van der Waals surface area contributed by atoms with Gasteiger partial charge in [-0.15, -0.1) is 0 Å². The number of nitrogens with one attached hydrogen (secondary N) is 1. The number of ether oxygens (including phenoxy) is 2. The first-order valence-corrected chi connectivity index (χ1v) is 8.49. The van der Waals surface area contributed by atoms with Crippen LogP contribution in [0.4, 0.5) is 9.59 Å². The fraction of sp³-hybridized carbons (Fsp3) is 0.882. The normalized spacial score (nSPS) is 22.5. The van der Waals surface area contributed by atoms with E-state index in [4.69, 9.17) is 9.47 Å². The van der Waals surface area contributed by atoms with Crippen LogP contribution in [0.25, 0.3) is 0 Å². The highest BCUT2D eigenvalue weighted by molar-refractivity contribution is 5.69. The number of aliphatic hydroxyl groups excluding tert-OH is 1. The lowest BCUT2D eigenvalue weighted by Crippen LogP contribution is -2.44. The number of rotatable bonds is 2. The van der Waals surface area contributed by atoms with Gasteiger partial charge in [-0.2, -0.15) is 0 Å². The van der Waals surface area contributed by atoms with Crippen molar-refractivity contribution < 1.29 is 24.2 Å². The molecule has 0 saturated carbocycles. The molecule has 1 rings (SSSR count). The Morgan fingerprint density at radius 1 is 1.04 bits per heavy atom. The Bertz CT molecular complexity index is 439. The molecule has 2 unspecified atom stereocenters. The smallest absolute Gasteiger partial charge is 0.410 e. The highest BCUT2D eigenvalue weighted by atomic mass is 16.6. The predicted molar refractivity (Wildman–Crippen MR) is 90.8 cm³/mol. The number of carbonyl (C=O) groups excluding carboxylic acids is 2. The zero-order valence-electron chi connectivity index (χ0n) is 15.7. The van der Waals surface area contributed by atoms with Gasteiger partial charge in [0, 0.05) is 31.7 Å². The molecule has 2 N–H and O–H groups in total. The summed E-state index contributed by atoms with van der Waals surface area (Å²) in [5.41, 5.74) is -1.12. The van der Waals surface area contributed by atoms with Crippen LogP contribution in [0, 0.1) is 5.92 Å². The highest BCUT2D eigenvalue weighted by Crippen LogP contribution is 2.20. The van der Waals surface area contributed by atoms with Gasteiger partial charge in [0.05, 0.1) is 0 Å². The summed E-state index contributed by atoms with van der Waals surface area (Å²) in [5, 5.41) is 12.4. The molecule has 7 heteroatoms. The Kier molecular flexibility index (Phi) is 6.89. The third kappa shape index (κ3) is 7.38. The van der Waals surface area contributed by atoms with Gasteiger partial charge in [0.25, 0.3) is 0 Å². The molecule has 0 aliphatic carbocycles. The van der Waals surface area contributed by atoms with Gasteiger partial charge in [-0.3, -0.25) is 0 Å². The van der Waals surface area contributed by atoms with E-state index in [2.05, 4.69) is 5.32 Å². The van der Waals surface area contributed by atoms with E-state index in [0.717, 1.165) is 0 Å². The van der Waals surface area contributed by atoms with E-state index < -0.39 is 17.3 Å². The summed E-state index contributed by atoms with van der Waals surface area (Å²) in [6, 6.07) is -0.239. The molecule has 140 valence electrons. The van der Waals surface area contributed by atoms with E-state index in [-0.39, 0.29) is 24.7 Å². The minimum atomic E-state index is -0.577. The van der Waals surface area contributed by atoms with E-state index in [9.17, 15) is 14.7 Å². The summed E-state index contributed by atoms with van der Waals surface area (Å²) >= 11 is 0. The lowest BCUT2D eigenvalue weighted by atomic mass is 9.96. The van der Waals surface area contributed by atoms with Crippen molar-refractivity contribution in [1.82, 2.24) is 10.2 Å². The monoisotopic (exact) mass is 344 g/mol. The Morgan fingerprint density at radius 2 is 1.58 bits per heavy atom. The van der Waals surface area contributed by atoms with Gasteiger partial charge in [0.15, 0.2) is 0 Å². The van der Waals surface area contributed by atoms with Gasteiger partial charge in [-0.1, -0.05) is 0 Å². The molecule has 0 aromatic heterocycles. The van der Waals surface area contributed by atoms with Crippen molar-refractivity contribution in [2.45, 2.75) is 71.6 Å². The minimum absolute atomic E-state index is 0.0530. The van der Waals surface area contributed by atoms with E-state index in [1.807, 2.05) is 20.8 Å². The first-order valence-electron chi connectivity index (χ1n) is 8.49. The maximum Gasteiger partial charge on any atom is 0.410 e. The van der Waals surface area contributed by atoms with Crippen molar-refractivity contribution in [2.75, 3.05) is 19.7 Å². The zero-order valence-corrected chi connectivity index (χ0v) is 15.7. The number of aliphatic hydroxyl groups is 1. The number of alkyl carbamates (subject to hydrolysis) is 1. The topological polar surface area (TPSA) is 88.1 Å². The van der Waals surface area contributed by atoms with Gasteiger partial charge in [0.1, 0.15) is 11.2 Å². The predicted octanol–water partition coefficient (Wildman–Crippen LogP) is 2.52. The number of likely N-dealkylation sites (tertiary alicyclic amines) is 1. The Hall–Kier alpha value is -1.50. The lowest BCUT2D eigenvalue weighted by Gasteiger charge is -2.27. The third-order valence-electron chi connectivity index (χ3n) is 3.64. The van der Waals surface area contributed by atoms with Crippen LogP contribution in [-0.4, -0.2) is 59.1 Å². The first kappa shape index (κ1) is 20.5. The van der Waals surface area contributed by atoms with Crippen LogP contribution in [0.1, 0.15) is 54.4 Å². The van der Waals surface area contributed by atoms with Gasteiger partial charge < -0.3 is 24.8 Å². The fourth-order valence-corrected chi connectivity index (χ4v) is 2.54. The van der Waals surface area contributed by atoms with Gasteiger partial charge in [0.2, 0.25) is 0 Å². The Labute approximate surface area is 144 Å². The number of amides is 2. The number of carbonyl (C=O) groups is 2. The second-order valence-electron chi connectivity index (χ2n) is 8.24. The molecule has 2 atom stereocenters. The molecular weight excluding hydrogens is 312 g/mol. The van der Waals surface area contributed by atoms with Crippen LogP contribution < -0.4 is 5.32 Å². The van der Waals surface area contributed by atoms with Gasteiger partial charge in [-0.05, 0) is 54.4 Å². The lowest BCUT2D eigenvalue weighted by molar-refractivity contribution is 0.0253. The molecule has 0 aromatic carbocycles. The second kappa shape index (κ2) is 8.05. The molecule has 0 radical (unpaired) electrons. The van der Waals surface area contributed by atoms with E-state index in [1.165, 1.54) is 0 Å². The molecule has 7 nitrogen and oxygen atoms in total. The molecule has 1 heterocycles. The SMILES string of the molecule is CC(C)(C)OC(=O)NC1CCN(C(=O)OC(C)(C)C)CCC1CO. The largest absolute Gasteiger partial charge is 0.444 e. The molecule has 1 fully saturated rings. The van der Waals surface area contributed by atoms with Crippen LogP contribution >= 0.6 is 0 Å². The summed E-state index contributed by atoms with van der Waals surface area (Å²) in [6.07, 6.45) is 0.272. The zero-order chi connectivity index (χ0) is 18.5. The highest BCUT2D eigenvalue weighted by Gasteiger charge is 2.31. The molecule has 0 aromatic rings. The van der Waals surface area contributed by atoms with Crippen molar-refractivity contribution in [3.05, 3.63) is 0 Å². The van der Waals surface area contributed by atoms with Crippen LogP contribution in [-0.2, 0) is 9.47 Å². The van der Waals surface area contributed by atoms with Crippen molar-refractivity contribution in [3.63, 3.8) is 0 Å². The maximum atomic E-state index is 12.2. The van der Waals surface area contributed by atoms with Crippen LogP contribution in [0.5, 0.6) is 0 Å². The Morgan fingerprint density at radius 3 is 2.08 bits per heavy atom. The third-order valence-corrected chi connectivity index (χ3v) is 3.64. The van der Waals surface area contributed by atoms with Crippen molar-refractivity contribution in [2.24, 2.45) is 5.92 Å². The van der Waals surface area contributed by atoms with Crippen molar-refractivity contribution >= 4 is 12.2 Å². The van der Waals surface area contributed by atoms with Crippen molar-refractivity contribution in [3.8, 4) is 0 Å². The molecule has 24 heavy (non-hydrogen) atoms. The summed E-state index contributed by atoms with van der Waals surface area (Å²) in [5.74, 6) is -0.120. The molecular formula is C17H32N2O5. The summed E-state index contributed by atoms with van der Waals surface area (Å²) in [7, 11) is 0. The summed E-state index contributed by atoms with van der Waals surface area (Å²) in [4.78, 5) is 25.8. The van der Waals surface area contributed by atoms with Crippen LogP contribution in [0.3, 0.4) is 0 Å². The average Bonchev–Trinajstić information content (AvgIpc) is 2.56. The first-order chi connectivity index (χ1) is 10.9. The number of hydrogen-bond donors (Lipinski definition) is 2. The maximum absolute atomic E-state index is 12.2. The van der Waals surface area contributed by atoms with E-state index >= 15 is 0 Å². The average molecular weight is 344 g/mol. The van der Waals surface area contributed by atoms with E-state index in [1.54, 1.807) is 25.7 Å². The summed E-state index contributed by atoms with van der Waals surface area (Å²) in [6.45, 7) is 11.8. The Balaban J connectivity index is 2.66. The summed E-state index contributed by atoms with van der Waals surface area (Å²) < 4.78 is 10.7. The fourth-order valence-electron chi connectivity index (χ4n) is 2.54. The van der Waals surface area contributed by atoms with Gasteiger partial charge in [-0.25, -0.2) is 9.59 Å². The number of hydrogen-bond acceptors (Lipinski definition) is 5.